The monoisotopic (exact) mass is 305 g/mol. The predicted molar refractivity (Wildman–Crippen MR) is 96.8 cm³/mol. The Labute approximate surface area is 137 Å². The second-order valence-electron chi connectivity index (χ2n) is 6.89. The maximum absolute atomic E-state index is 5.00. The molecule has 0 spiro atoms. The number of fused-ring (bicyclic) bond motifs is 5. The Kier molecular flexibility index (Phi) is 3.02. The summed E-state index contributed by atoms with van der Waals surface area (Å²) in [5, 5.41) is 3.77. The van der Waals surface area contributed by atoms with Crippen molar-refractivity contribution in [2.45, 2.75) is 46.2 Å². The van der Waals surface area contributed by atoms with Gasteiger partial charge in [0.1, 0.15) is 11.5 Å². The molecule has 2 heterocycles. The summed E-state index contributed by atoms with van der Waals surface area (Å²) in [7, 11) is 0. The quantitative estimate of drug-likeness (QED) is 0.703. The Bertz CT molecular complexity index is 907. The van der Waals surface area contributed by atoms with Crippen LogP contribution in [0.2, 0.25) is 0 Å². The van der Waals surface area contributed by atoms with Crippen LogP contribution in [0.5, 0.6) is 0 Å². The summed E-state index contributed by atoms with van der Waals surface area (Å²) >= 11 is 0. The zero-order chi connectivity index (χ0) is 16.2. The van der Waals surface area contributed by atoms with Crippen LogP contribution < -0.4 is 5.32 Å². The van der Waals surface area contributed by atoms with Gasteiger partial charge < -0.3 is 9.88 Å². The maximum Gasteiger partial charge on any atom is 0.145 e. The molecule has 1 N–H and O–H groups in total. The molecule has 118 valence electrons. The summed E-state index contributed by atoms with van der Waals surface area (Å²) in [5.74, 6) is 1.08. The predicted octanol–water partition coefficient (Wildman–Crippen LogP) is 5.22. The highest BCUT2D eigenvalue weighted by atomic mass is 15.3. The summed E-state index contributed by atoms with van der Waals surface area (Å²) < 4.78 is 2.40. The summed E-state index contributed by atoms with van der Waals surface area (Å²) in [6.07, 6.45) is 2.18. The number of rotatable bonds is 2. The maximum atomic E-state index is 5.00. The van der Waals surface area contributed by atoms with E-state index in [9.17, 15) is 0 Å². The van der Waals surface area contributed by atoms with E-state index >= 15 is 0 Å². The van der Waals surface area contributed by atoms with Crippen LogP contribution in [0, 0.1) is 13.8 Å². The highest BCUT2D eigenvalue weighted by molar-refractivity contribution is 5.87. The first-order chi connectivity index (χ1) is 11.0. The minimum Gasteiger partial charge on any atom is -0.362 e. The Hall–Kier alpha value is -2.29. The molecule has 1 aromatic heterocycles. The van der Waals surface area contributed by atoms with E-state index in [0.717, 1.165) is 24.2 Å². The zero-order valence-electron chi connectivity index (χ0n) is 14.3. The van der Waals surface area contributed by atoms with Gasteiger partial charge in [0.2, 0.25) is 0 Å². The molecule has 23 heavy (non-hydrogen) atoms. The van der Waals surface area contributed by atoms with E-state index in [4.69, 9.17) is 4.98 Å². The lowest BCUT2D eigenvalue weighted by atomic mass is 9.99. The van der Waals surface area contributed by atoms with Crippen molar-refractivity contribution in [3.8, 4) is 11.4 Å². The molecule has 1 aliphatic rings. The molecule has 0 aliphatic carbocycles. The molecular weight excluding hydrogens is 282 g/mol. The Balaban J connectivity index is 2.10. The third-order valence-corrected chi connectivity index (χ3v) is 5.07. The van der Waals surface area contributed by atoms with Gasteiger partial charge in [-0.3, -0.25) is 0 Å². The third-order valence-electron chi connectivity index (χ3n) is 5.07. The number of anilines is 1. The molecule has 0 amide bonds. The van der Waals surface area contributed by atoms with E-state index in [1.807, 2.05) is 0 Å². The van der Waals surface area contributed by atoms with Gasteiger partial charge >= 0.3 is 0 Å². The smallest absolute Gasteiger partial charge is 0.145 e. The highest BCUT2D eigenvalue weighted by Crippen LogP contribution is 2.42. The number of hydrogen-bond donors (Lipinski definition) is 1. The number of hydrogen-bond acceptors (Lipinski definition) is 2. The molecule has 0 radical (unpaired) electrons. The normalized spacial score (nSPS) is 19.3. The van der Waals surface area contributed by atoms with Gasteiger partial charge in [-0.05, 0) is 62.6 Å². The van der Waals surface area contributed by atoms with Crippen molar-refractivity contribution in [2.24, 2.45) is 0 Å². The second kappa shape index (κ2) is 4.85. The molecule has 0 bridgehead atoms. The van der Waals surface area contributed by atoms with Crippen LogP contribution in [0.4, 0.5) is 5.69 Å². The SMILES string of the molecule is CCC[C@@]1(C)Nc2ccccc2-c2nc3cc(C)c(C)cc3n21. The van der Waals surface area contributed by atoms with E-state index in [1.165, 1.54) is 27.9 Å². The van der Waals surface area contributed by atoms with Gasteiger partial charge in [-0.25, -0.2) is 4.98 Å². The molecule has 2 aromatic carbocycles. The number of aromatic nitrogens is 2. The van der Waals surface area contributed by atoms with Crippen LogP contribution in [0.15, 0.2) is 36.4 Å². The standard InChI is InChI=1S/C20H23N3/c1-5-10-20(4)22-16-9-7-6-8-15(16)19-21-17-11-13(2)14(3)12-18(17)23(19)20/h6-9,11-12,22H,5,10H2,1-4H3/t20-/m0/s1. The fraction of sp³-hybridized carbons (Fsp3) is 0.350. The van der Waals surface area contributed by atoms with E-state index < -0.39 is 0 Å². The first kappa shape index (κ1) is 14.3. The average molecular weight is 305 g/mol. The molecule has 0 saturated heterocycles. The van der Waals surface area contributed by atoms with Crippen LogP contribution in [-0.2, 0) is 5.66 Å². The molecule has 3 heteroatoms. The van der Waals surface area contributed by atoms with Gasteiger partial charge in [-0.2, -0.15) is 0 Å². The van der Waals surface area contributed by atoms with Crippen LogP contribution in [0.25, 0.3) is 22.4 Å². The molecule has 4 rings (SSSR count). The van der Waals surface area contributed by atoms with Gasteiger partial charge in [0.25, 0.3) is 0 Å². The van der Waals surface area contributed by atoms with Crippen molar-refractivity contribution in [1.29, 1.82) is 0 Å². The van der Waals surface area contributed by atoms with Crippen molar-refractivity contribution in [2.75, 3.05) is 5.32 Å². The Morgan fingerprint density at radius 2 is 1.87 bits per heavy atom. The van der Waals surface area contributed by atoms with Crippen molar-refractivity contribution in [3.05, 3.63) is 47.5 Å². The summed E-state index contributed by atoms with van der Waals surface area (Å²) in [4.78, 5) is 5.00. The van der Waals surface area contributed by atoms with Crippen LogP contribution in [0.3, 0.4) is 0 Å². The number of nitrogens with one attached hydrogen (secondary N) is 1. The van der Waals surface area contributed by atoms with Crippen LogP contribution in [-0.4, -0.2) is 9.55 Å². The molecule has 0 fully saturated rings. The van der Waals surface area contributed by atoms with Gasteiger partial charge in [0.05, 0.1) is 11.0 Å². The highest BCUT2D eigenvalue weighted by Gasteiger charge is 2.35. The van der Waals surface area contributed by atoms with Crippen LogP contribution in [0.1, 0.15) is 37.8 Å². The Morgan fingerprint density at radius 3 is 2.65 bits per heavy atom. The molecular formula is C20H23N3. The summed E-state index contributed by atoms with van der Waals surface area (Å²) in [6.45, 7) is 8.86. The van der Waals surface area contributed by atoms with Crippen molar-refractivity contribution >= 4 is 16.7 Å². The number of para-hydroxylation sites is 1. The van der Waals surface area contributed by atoms with Crippen molar-refractivity contribution in [1.82, 2.24) is 9.55 Å². The van der Waals surface area contributed by atoms with E-state index in [0.29, 0.717) is 0 Å². The zero-order valence-corrected chi connectivity index (χ0v) is 14.3. The fourth-order valence-electron chi connectivity index (χ4n) is 3.81. The second-order valence-corrected chi connectivity index (χ2v) is 6.89. The summed E-state index contributed by atoms with van der Waals surface area (Å²) in [6, 6.07) is 13.0. The van der Waals surface area contributed by atoms with Crippen molar-refractivity contribution < 1.29 is 0 Å². The molecule has 3 nitrogen and oxygen atoms in total. The first-order valence-corrected chi connectivity index (χ1v) is 8.41. The molecule has 0 saturated carbocycles. The fourth-order valence-corrected chi connectivity index (χ4v) is 3.81. The average Bonchev–Trinajstić information content (AvgIpc) is 2.87. The molecule has 1 aliphatic heterocycles. The van der Waals surface area contributed by atoms with E-state index in [-0.39, 0.29) is 5.66 Å². The number of benzene rings is 2. The minimum absolute atomic E-state index is 0.144. The number of nitrogens with zero attached hydrogens (tertiary/aromatic N) is 2. The topological polar surface area (TPSA) is 29.9 Å². The molecule has 1 atom stereocenters. The molecule has 0 unspecified atom stereocenters. The lowest BCUT2D eigenvalue weighted by molar-refractivity contribution is 0.346. The Morgan fingerprint density at radius 1 is 1.13 bits per heavy atom. The van der Waals surface area contributed by atoms with Gasteiger partial charge in [0.15, 0.2) is 0 Å². The first-order valence-electron chi connectivity index (χ1n) is 8.41. The van der Waals surface area contributed by atoms with E-state index in [2.05, 4.69) is 74.0 Å². The number of aryl methyl sites for hydroxylation is 2. The third kappa shape index (κ3) is 1.99. The van der Waals surface area contributed by atoms with Gasteiger partial charge in [-0.1, -0.05) is 25.5 Å². The van der Waals surface area contributed by atoms with Gasteiger partial charge in [0, 0.05) is 11.3 Å². The lowest BCUT2D eigenvalue weighted by Gasteiger charge is -2.39. The number of imidazole rings is 1. The minimum atomic E-state index is -0.144. The largest absolute Gasteiger partial charge is 0.362 e. The van der Waals surface area contributed by atoms with E-state index in [1.54, 1.807) is 0 Å². The van der Waals surface area contributed by atoms with Crippen molar-refractivity contribution in [3.63, 3.8) is 0 Å². The summed E-state index contributed by atoms with van der Waals surface area (Å²) in [5.41, 5.74) is 7.15. The van der Waals surface area contributed by atoms with Gasteiger partial charge in [-0.15, -0.1) is 0 Å². The van der Waals surface area contributed by atoms with Crippen LogP contribution >= 0.6 is 0 Å². The lowest BCUT2D eigenvalue weighted by Crippen LogP contribution is -2.41. The molecule has 3 aromatic rings.